The van der Waals surface area contributed by atoms with Crippen LogP contribution in [0.2, 0.25) is 0 Å². The maximum Gasteiger partial charge on any atom is 0.219 e. The molecule has 0 unspecified atom stereocenters. The summed E-state index contributed by atoms with van der Waals surface area (Å²) in [5.74, 6) is 2.22. The maximum atomic E-state index is 5.78. The predicted molar refractivity (Wildman–Crippen MR) is 71.6 cm³/mol. The molecule has 0 bridgehead atoms. The first-order chi connectivity index (χ1) is 8.90. The van der Waals surface area contributed by atoms with Crippen molar-refractivity contribution in [1.82, 2.24) is 15.5 Å². The SMILES string of the molecule is CCCNCCCc1nnc(C2CCCCC2)o1. The summed E-state index contributed by atoms with van der Waals surface area (Å²) in [6, 6.07) is 0. The minimum atomic E-state index is 0.526. The van der Waals surface area contributed by atoms with Crippen LogP contribution in [0.5, 0.6) is 0 Å². The molecule has 4 nitrogen and oxygen atoms in total. The lowest BCUT2D eigenvalue weighted by atomic mass is 9.89. The van der Waals surface area contributed by atoms with Crippen molar-refractivity contribution in [3.63, 3.8) is 0 Å². The summed E-state index contributed by atoms with van der Waals surface area (Å²) in [6.07, 6.45) is 9.59. The molecule has 1 heterocycles. The number of hydrogen-bond acceptors (Lipinski definition) is 4. The Labute approximate surface area is 110 Å². The van der Waals surface area contributed by atoms with Crippen molar-refractivity contribution >= 4 is 0 Å². The Hall–Kier alpha value is -0.900. The average molecular weight is 251 g/mol. The maximum absolute atomic E-state index is 5.78. The zero-order valence-electron chi connectivity index (χ0n) is 11.5. The van der Waals surface area contributed by atoms with Crippen LogP contribution in [0.3, 0.4) is 0 Å². The summed E-state index contributed by atoms with van der Waals surface area (Å²) in [7, 11) is 0. The Bertz CT molecular complexity index is 332. The fourth-order valence-corrected chi connectivity index (χ4v) is 2.55. The van der Waals surface area contributed by atoms with Crippen molar-refractivity contribution in [2.75, 3.05) is 13.1 Å². The Morgan fingerprint density at radius 2 is 2.00 bits per heavy atom. The van der Waals surface area contributed by atoms with Gasteiger partial charge in [0.15, 0.2) is 0 Å². The molecule has 0 radical (unpaired) electrons. The number of aromatic nitrogens is 2. The van der Waals surface area contributed by atoms with Gasteiger partial charge < -0.3 is 9.73 Å². The van der Waals surface area contributed by atoms with Crippen molar-refractivity contribution in [2.45, 2.75) is 64.2 Å². The number of nitrogens with one attached hydrogen (secondary N) is 1. The molecule has 0 amide bonds. The van der Waals surface area contributed by atoms with Crippen molar-refractivity contribution < 1.29 is 4.42 Å². The minimum absolute atomic E-state index is 0.526. The fourth-order valence-electron chi connectivity index (χ4n) is 2.55. The van der Waals surface area contributed by atoms with E-state index in [9.17, 15) is 0 Å². The van der Waals surface area contributed by atoms with Crippen LogP contribution in [-0.4, -0.2) is 23.3 Å². The standard InChI is InChI=1S/C14H25N3O/c1-2-10-15-11-6-9-13-16-17-14(18-13)12-7-4-3-5-8-12/h12,15H,2-11H2,1H3. The first kappa shape index (κ1) is 13.5. The normalized spacial score (nSPS) is 17.2. The number of hydrogen-bond donors (Lipinski definition) is 1. The van der Waals surface area contributed by atoms with Gasteiger partial charge >= 0.3 is 0 Å². The molecule has 1 aliphatic carbocycles. The second-order valence-corrected chi connectivity index (χ2v) is 5.22. The quantitative estimate of drug-likeness (QED) is 0.757. The second-order valence-electron chi connectivity index (χ2n) is 5.22. The van der Waals surface area contributed by atoms with Crippen molar-refractivity contribution in [2.24, 2.45) is 0 Å². The van der Waals surface area contributed by atoms with Gasteiger partial charge in [0.05, 0.1) is 0 Å². The van der Waals surface area contributed by atoms with Gasteiger partial charge in [-0.2, -0.15) is 0 Å². The summed E-state index contributed by atoms with van der Waals surface area (Å²) in [5.41, 5.74) is 0. The summed E-state index contributed by atoms with van der Waals surface area (Å²) in [5, 5.41) is 11.8. The molecule has 1 aromatic rings. The van der Waals surface area contributed by atoms with Gasteiger partial charge in [-0.15, -0.1) is 10.2 Å². The minimum Gasteiger partial charge on any atom is -0.425 e. The average Bonchev–Trinajstić information content (AvgIpc) is 2.88. The van der Waals surface area contributed by atoms with Crippen LogP contribution in [0.25, 0.3) is 0 Å². The molecule has 1 N–H and O–H groups in total. The molecule has 1 fully saturated rings. The molecular formula is C14H25N3O. The van der Waals surface area contributed by atoms with Gasteiger partial charge in [-0.25, -0.2) is 0 Å². The lowest BCUT2D eigenvalue weighted by Crippen LogP contribution is -2.16. The molecule has 0 aliphatic heterocycles. The van der Waals surface area contributed by atoms with E-state index in [1.54, 1.807) is 0 Å². The fraction of sp³-hybridized carbons (Fsp3) is 0.857. The first-order valence-electron chi connectivity index (χ1n) is 7.43. The molecular weight excluding hydrogens is 226 g/mol. The molecule has 1 aliphatic rings. The van der Waals surface area contributed by atoms with Gasteiger partial charge in [-0.1, -0.05) is 26.2 Å². The Morgan fingerprint density at radius 1 is 1.17 bits per heavy atom. The third kappa shape index (κ3) is 4.09. The van der Waals surface area contributed by atoms with E-state index in [0.29, 0.717) is 5.92 Å². The van der Waals surface area contributed by atoms with Crippen LogP contribution >= 0.6 is 0 Å². The molecule has 2 rings (SSSR count). The summed E-state index contributed by atoms with van der Waals surface area (Å²) < 4.78 is 5.78. The van der Waals surface area contributed by atoms with Gasteiger partial charge in [0.1, 0.15) is 0 Å². The van der Waals surface area contributed by atoms with E-state index in [0.717, 1.165) is 37.7 Å². The molecule has 0 aromatic carbocycles. The largest absolute Gasteiger partial charge is 0.425 e. The van der Waals surface area contributed by atoms with Crippen molar-refractivity contribution in [3.05, 3.63) is 11.8 Å². The zero-order chi connectivity index (χ0) is 12.6. The zero-order valence-corrected chi connectivity index (χ0v) is 11.5. The summed E-state index contributed by atoms with van der Waals surface area (Å²) in [4.78, 5) is 0. The Kier molecular flexibility index (Phi) is 5.65. The van der Waals surface area contributed by atoms with Crippen LogP contribution in [-0.2, 0) is 6.42 Å². The van der Waals surface area contributed by atoms with E-state index < -0.39 is 0 Å². The molecule has 102 valence electrons. The highest BCUT2D eigenvalue weighted by molar-refractivity contribution is 4.93. The van der Waals surface area contributed by atoms with Gasteiger partial charge in [0, 0.05) is 12.3 Å². The lowest BCUT2D eigenvalue weighted by molar-refractivity contribution is 0.350. The van der Waals surface area contributed by atoms with Crippen LogP contribution in [0, 0.1) is 0 Å². The van der Waals surface area contributed by atoms with Gasteiger partial charge in [0.25, 0.3) is 0 Å². The van der Waals surface area contributed by atoms with Gasteiger partial charge in [-0.05, 0) is 38.8 Å². The van der Waals surface area contributed by atoms with E-state index in [1.165, 1.54) is 38.5 Å². The Morgan fingerprint density at radius 3 is 2.78 bits per heavy atom. The van der Waals surface area contributed by atoms with Crippen LogP contribution in [0.4, 0.5) is 0 Å². The van der Waals surface area contributed by atoms with E-state index >= 15 is 0 Å². The molecule has 1 aromatic heterocycles. The summed E-state index contributed by atoms with van der Waals surface area (Å²) >= 11 is 0. The van der Waals surface area contributed by atoms with Crippen LogP contribution in [0.1, 0.15) is 69.6 Å². The van der Waals surface area contributed by atoms with Gasteiger partial charge in [-0.3, -0.25) is 0 Å². The van der Waals surface area contributed by atoms with Crippen LogP contribution in [0.15, 0.2) is 4.42 Å². The third-order valence-electron chi connectivity index (χ3n) is 3.61. The second kappa shape index (κ2) is 7.52. The van der Waals surface area contributed by atoms with E-state index in [-0.39, 0.29) is 0 Å². The van der Waals surface area contributed by atoms with Crippen molar-refractivity contribution in [1.29, 1.82) is 0 Å². The summed E-state index contributed by atoms with van der Waals surface area (Å²) in [6.45, 7) is 4.31. The number of nitrogens with zero attached hydrogens (tertiary/aromatic N) is 2. The highest BCUT2D eigenvalue weighted by atomic mass is 16.4. The van der Waals surface area contributed by atoms with Crippen molar-refractivity contribution in [3.8, 4) is 0 Å². The van der Waals surface area contributed by atoms with Gasteiger partial charge in [0.2, 0.25) is 11.8 Å². The van der Waals surface area contributed by atoms with E-state index in [1.807, 2.05) is 0 Å². The van der Waals surface area contributed by atoms with E-state index in [2.05, 4.69) is 22.4 Å². The highest BCUT2D eigenvalue weighted by Crippen LogP contribution is 2.31. The van der Waals surface area contributed by atoms with Crippen LogP contribution < -0.4 is 5.32 Å². The monoisotopic (exact) mass is 251 g/mol. The number of rotatable bonds is 7. The topological polar surface area (TPSA) is 51.0 Å². The first-order valence-corrected chi connectivity index (χ1v) is 7.43. The van der Waals surface area contributed by atoms with E-state index in [4.69, 9.17) is 4.42 Å². The molecule has 1 saturated carbocycles. The highest BCUT2D eigenvalue weighted by Gasteiger charge is 2.20. The predicted octanol–water partition coefficient (Wildman–Crippen LogP) is 3.05. The Balaban J connectivity index is 1.72. The lowest BCUT2D eigenvalue weighted by Gasteiger charge is -2.17. The molecule has 0 spiro atoms. The smallest absolute Gasteiger partial charge is 0.219 e. The molecule has 0 atom stereocenters. The molecule has 18 heavy (non-hydrogen) atoms. The molecule has 0 saturated heterocycles. The number of aryl methyl sites for hydroxylation is 1. The molecule has 4 heteroatoms. The third-order valence-corrected chi connectivity index (χ3v) is 3.61.